The number of carbonyl (C=O) groups is 4. The second-order valence-corrected chi connectivity index (χ2v) is 12.2. The van der Waals surface area contributed by atoms with E-state index < -0.39 is 30.1 Å². The summed E-state index contributed by atoms with van der Waals surface area (Å²) < 4.78 is 37.0. The Morgan fingerprint density at radius 3 is 2.20 bits per heavy atom. The smallest absolute Gasteiger partial charge is 0.350 e. The quantitative estimate of drug-likeness (QED) is 0.305. The molecule has 12 heteroatoms. The zero-order valence-corrected chi connectivity index (χ0v) is 24.0. The summed E-state index contributed by atoms with van der Waals surface area (Å²) in [6, 6.07) is 0.348. The summed E-state index contributed by atoms with van der Waals surface area (Å²) in [5, 5.41) is 15.9. The number of nitrogens with zero attached hydrogens (tertiary/aromatic N) is 2. The molecule has 2 saturated heterocycles. The predicted octanol–water partition coefficient (Wildman–Crippen LogP) is 3.21. The molecule has 0 aromatic rings. The summed E-state index contributed by atoms with van der Waals surface area (Å²) in [6.07, 6.45) is -0.375. The third kappa shape index (κ3) is 8.70. The Hall–Kier alpha value is -3.10. The van der Waals surface area contributed by atoms with Crippen LogP contribution in [0.25, 0.3) is 0 Å². The summed E-state index contributed by atoms with van der Waals surface area (Å²) in [5.41, 5.74) is 1.44. The molecule has 5 atom stereocenters. The number of halogens is 3. The lowest BCUT2D eigenvalue weighted by atomic mass is 9.96. The van der Waals surface area contributed by atoms with E-state index >= 15 is 0 Å². The Morgan fingerprint density at radius 1 is 1.25 bits per heavy atom. The number of piperidine rings is 1. The van der Waals surface area contributed by atoms with Crippen LogP contribution < -0.4 is 16.0 Å². The van der Waals surface area contributed by atoms with Crippen molar-refractivity contribution in [1.29, 1.82) is 5.26 Å². The van der Waals surface area contributed by atoms with Crippen LogP contribution in [0.5, 0.6) is 0 Å². The van der Waals surface area contributed by atoms with Gasteiger partial charge in [0, 0.05) is 24.5 Å². The highest BCUT2D eigenvalue weighted by atomic mass is 19.4. The number of hydrogen-bond acceptors (Lipinski definition) is 5. The first kappa shape index (κ1) is 33.1. The molecule has 0 aromatic carbocycles. The van der Waals surface area contributed by atoms with Gasteiger partial charge in [0.15, 0.2) is 0 Å². The molecule has 4 amide bonds. The van der Waals surface area contributed by atoms with Crippen molar-refractivity contribution >= 4 is 24.1 Å². The molecule has 4 rings (SSSR count). The lowest BCUT2D eigenvalue weighted by Gasteiger charge is -2.27. The van der Waals surface area contributed by atoms with Crippen molar-refractivity contribution in [3.05, 3.63) is 12.2 Å². The Morgan fingerprint density at radius 2 is 1.80 bits per heavy atom. The molecule has 0 bridgehead atoms. The van der Waals surface area contributed by atoms with Gasteiger partial charge >= 0.3 is 12.1 Å². The van der Waals surface area contributed by atoms with E-state index in [-0.39, 0.29) is 29.2 Å². The molecule has 4 fully saturated rings. The van der Waals surface area contributed by atoms with Crippen LogP contribution in [0.15, 0.2) is 12.2 Å². The fourth-order valence-corrected chi connectivity index (χ4v) is 5.49. The van der Waals surface area contributed by atoms with Crippen molar-refractivity contribution in [1.82, 2.24) is 20.9 Å². The molecule has 40 heavy (non-hydrogen) atoms. The number of nitrogens with one attached hydrogen (secondary N) is 3. The van der Waals surface area contributed by atoms with Gasteiger partial charge in [-0.25, -0.2) is 0 Å². The maximum absolute atomic E-state index is 12.3. The van der Waals surface area contributed by atoms with Gasteiger partial charge in [-0.15, -0.1) is 6.58 Å². The molecule has 224 valence electrons. The van der Waals surface area contributed by atoms with Crippen LogP contribution in [0.3, 0.4) is 0 Å². The summed E-state index contributed by atoms with van der Waals surface area (Å²) in [6.45, 7) is 14.7. The van der Waals surface area contributed by atoms with Gasteiger partial charge in [-0.3, -0.25) is 19.2 Å². The number of fused-ring (bicyclic) bond motifs is 1. The highest BCUT2D eigenvalue weighted by molar-refractivity contribution is 5.90. The zero-order chi connectivity index (χ0) is 30.5. The number of hydrogen-bond donors (Lipinski definition) is 3. The van der Waals surface area contributed by atoms with Crippen molar-refractivity contribution in [2.75, 3.05) is 13.1 Å². The molecule has 4 aliphatic rings. The van der Waals surface area contributed by atoms with Gasteiger partial charge in [-0.05, 0) is 63.2 Å². The van der Waals surface area contributed by atoms with Gasteiger partial charge in [0.2, 0.25) is 18.2 Å². The monoisotopic (exact) mass is 569 g/mol. The van der Waals surface area contributed by atoms with E-state index in [4.69, 9.17) is 5.26 Å². The fraction of sp³-hybridized carbons (Fsp3) is 0.750. The summed E-state index contributed by atoms with van der Waals surface area (Å²) >= 11 is 0. The largest absolute Gasteiger partial charge is 0.471 e. The van der Waals surface area contributed by atoms with Gasteiger partial charge in [0.25, 0.3) is 0 Å². The van der Waals surface area contributed by atoms with Crippen molar-refractivity contribution in [3.63, 3.8) is 0 Å². The minimum Gasteiger partial charge on any atom is -0.350 e. The number of alkyl halides is 3. The van der Waals surface area contributed by atoms with Crippen LogP contribution >= 0.6 is 0 Å². The van der Waals surface area contributed by atoms with Crippen LogP contribution in [0, 0.1) is 34.5 Å². The lowest BCUT2D eigenvalue weighted by molar-refractivity contribution is -0.175. The first-order valence-corrected chi connectivity index (χ1v) is 13.7. The molecular weight excluding hydrogens is 527 g/mol. The Bertz CT molecular complexity index is 1000. The summed E-state index contributed by atoms with van der Waals surface area (Å²) in [5.74, 6) is -1.66. The molecule has 3 N–H and O–H groups in total. The normalized spacial score (nSPS) is 25.8. The first-order chi connectivity index (χ1) is 18.5. The van der Waals surface area contributed by atoms with Gasteiger partial charge in [0.05, 0.1) is 6.07 Å². The van der Waals surface area contributed by atoms with Crippen LogP contribution in [0.2, 0.25) is 0 Å². The van der Waals surface area contributed by atoms with E-state index in [9.17, 15) is 32.3 Å². The summed E-state index contributed by atoms with van der Waals surface area (Å²) in [7, 11) is 0. The molecular formula is C28H42F3N5O4. The Labute approximate surface area is 234 Å². The zero-order valence-electron chi connectivity index (χ0n) is 24.0. The third-order valence-electron chi connectivity index (χ3n) is 8.07. The standard InChI is InChI=1S/C14H21F3N2O2.C10H13N3O2.C4H8/c1-4-5-10(18-12(21)14(15,16)17)11(20)19-6-8-9(7-19)13(8,2)3;11-5-8(12-6-14)3-7-4-10(1-2-10)13-9(7)15;1-4(2)3/h8-10H,4-7H2,1-3H3,(H,18,21);6-8H,1-4H2,(H,12,14)(H,13,15);1H2,2-3H3. The van der Waals surface area contributed by atoms with Crippen LogP contribution in [0.1, 0.15) is 73.1 Å². The molecule has 2 heterocycles. The maximum Gasteiger partial charge on any atom is 0.471 e. The van der Waals surface area contributed by atoms with Gasteiger partial charge in [-0.2, -0.15) is 18.4 Å². The van der Waals surface area contributed by atoms with Gasteiger partial charge < -0.3 is 20.9 Å². The average molecular weight is 570 g/mol. The van der Waals surface area contributed by atoms with E-state index in [1.807, 2.05) is 25.2 Å². The number of nitriles is 1. The molecule has 9 nitrogen and oxygen atoms in total. The second-order valence-electron chi connectivity index (χ2n) is 12.2. The fourth-order valence-electron chi connectivity index (χ4n) is 5.49. The number of rotatable bonds is 8. The number of carbonyl (C=O) groups excluding carboxylic acids is 4. The minimum absolute atomic E-state index is 0.0282. The maximum atomic E-state index is 12.3. The van der Waals surface area contributed by atoms with E-state index in [1.165, 1.54) is 5.57 Å². The second kappa shape index (κ2) is 13.0. The van der Waals surface area contributed by atoms with Crippen molar-refractivity contribution in [2.24, 2.45) is 23.2 Å². The van der Waals surface area contributed by atoms with Crippen LogP contribution in [-0.2, 0) is 19.2 Å². The lowest BCUT2D eigenvalue weighted by Crippen LogP contribution is -2.52. The highest BCUT2D eigenvalue weighted by Gasteiger charge is 2.63. The van der Waals surface area contributed by atoms with E-state index in [2.05, 4.69) is 31.1 Å². The first-order valence-electron chi connectivity index (χ1n) is 13.7. The van der Waals surface area contributed by atoms with Crippen LogP contribution in [0.4, 0.5) is 13.2 Å². The van der Waals surface area contributed by atoms with Crippen molar-refractivity contribution < 1.29 is 32.3 Å². The van der Waals surface area contributed by atoms with E-state index in [0.717, 1.165) is 19.3 Å². The molecule has 5 unspecified atom stereocenters. The molecule has 2 saturated carbocycles. The average Bonchev–Trinajstić information content (AvgIpc) is 3.53. The number of amides is 4. The molecule has 2 aliphatic carbocycles. The SMILES string of the molecule is C=C(C)C.CCCC(NC(=O)C(F)(F)F)C(=O)N1CC2C(C1)C2(C)C.N#CC(CC1CC2(CC2)NC1=O)NC=O. The minimum atomic E-state index is -4.96. The number of likely N-dealkylation sites (tertiary alicyclic amines) is 1. The van der Waals surface area contributed by atoms with Crippen molar-refractivity contribution in [3.8, 4) is 6.07 Å². The van der Waals surface area contributed by atoms with Crippen LogP contribution in [-0.4, -0.2) is 65.9 Å². The van der Waals surface area contributed by atoms with E-state index in [0.29, 0.717) is 44.2 Å². The third-order valence-corrected chi connectivity index (χ3v) is 8.07. The molecule has 2 aliphatic heterocycles. The molecule has 1 spiro atoms. The Balaban J connectivity index is 0.000000257. The Kier molecular flexibility index (Phi) is 10.8. The van der Waals surface area contributed by atoms with Gasteiger partial charge in [0.1, 0.15) is 12.1 Å². The highest BCUT2D eigenvalue weighted by Crippen LogP contribution is 2.62. The van der Waals surface area contributed by atoms with E-state index in [1.54, 1.807) is 11.8 Å². The predicted molar refractivity (Wildman–Crippen MR) is 142 cm³/mol. The molecule has 0 aromatic heterocycles. The summed E-state index contributed by atoms with van der Waals surface area (Å²) in [4.78, 5) is 46.7. The topological polar surface area (TPSA) is 131 Å². The molecule has 0 radical (unpaired) electrons. The van der Waals surface area contributed by atoms with Crippen molar-refractivity contribution in [2.45, 2.75) is 96.9 Å². The number of allylic oxidation sites excluding steroid dienone is 1. The van der Waals surface area contributed by atoms with Gasteiger partial charge in [-0.1, -0.05) is 32.8 Å².